The molecule has 0 unspecified atom stereocenters. The summed E-state index contributed by atoms with van der Waals surface area (Å²) < 4.78 is 39.9. The summed E-state index contributed by atoms with van der Waals surface area (Å²) in [6, 6.07) is 11.0. The van der Waals surface area contributed by atoms with Crippen molar-refractivity contribution in [1.29, 1.82) is 0 Å². The lowest BCUT2D eigenvalue weighted by molar-refractivity contribution is 0.151. The standard InChI is InChI=1S/C23H24F3N/c1-4-7-18-14-20(24)10-11-21(18)22(16(3)15-27-5-2)13-17-8-6-9-19(12-17)23(25)26/h5-6,8-15,23,27H,2,4,7H2,1,3H3/b16-15+,22-13+. The summed E-state index contributed by atoms with van der Waals surface area (Å²) >= 11 is 0. The van der Waals surface area contributed by atoms with E-state index < -0.39 is 6.43 Å². The molecule has 0 amide bonds. The first-order valence-electron chi connectivity index (χ1n) is 8.89. The van der Waals surface area contributed by atoms with E-state index >= 15 is 0 Å². The first kappa shape index (κ1) is 20.6. The number of alkyl halides is 2. The molecule has 0 spiro atoms. The second-order valence-corrected chi connectivity index (χ2v) is 6.28. The summed E-state index contributed by atoms with van der Waals surface area (Å²) in [6.45, 7) is 7.58. The second-order valence-electron chi connectivity index (χ2n) is 6.28. The molecule has 0 radical (unpaired) electrons. The van der Waals surface area contributed by atoms with Crippen molar-refractivity contribution < 1.29 is 13.2 Å². The van der Waals surface area contributed by atoms with Crippen LogP contribution < -0.4 is 5.32 Å². The van der Waals surface area contributed by atoms with Crippen LogP contribution in [-0.2, 0) is 6.42 Å². The van der Waals surface area contributed by atoms with E-state index in [0.717, 1.165) is 35.1 Å². The smallest absolute Gasteiger partial charge is 0.263 e. The number of rotatable bonds is 8. The van der Waals surface area contributed by atoms with Crippen molar-refractivity contribution in [3.8, 4) is 0 Å². The molecule has 0 aliphatic heterocycles. The Kier molecular flexibility index (Phi) is 7.47. The van der Waals surface area contributed by atoms with Gasteiger partial charge in [-0.1, -0.05) is 44.2 Å². The molecular weight excluding hydrogens is 347 g/mol. The second kappa shape index (κ2) is 9.81. The zero-order valence-corrected chi connectivity index (χ0v) is 15.6. The maximum atomic E-state index is 13.8. The molecule has 0 saturated heterocycles. The zero-order chi connectivity index (χ0) is 19.8. The number of benzene rings is 2. The van der Waals surface area contributed by atoms with E-state index in [9.17, 15) is 13.2 Å². The maximum absolute atomic E-state index is 13.8. The fraction of sp³-hybridized carbons (Fsp3) is 0.217. The number of aryl methyl sites for hydroxylation is 1. The van der Waals surface area contributed by atoms with Crippen LogP contribution in [0.5, 0.6) is 0 Å². The Morgan fingerprint density at radius 2 is 1.96 bits per heavy atom. The summed E-state index contributed by atoms with van der Waals surface area (Å²) in [5.41, 5.74) is 4.16. The molecule has 2 aromatic rings. The van der Waals surface area contributed by atoms with Gasteiger partial charge in [-0.15, -0.1) is 0 Å². The van der Waals surface area contributed by atoms with Gasteiger partial charge in [0, 0.05) is 11.8 Å². The van der Waals surface area contributed by atoms with Gasteiger partial charge in [-0.2, -0.15) is 0 Å². The van der Waals surface area contributed by atoms with Gasteiger partial charge >= 0.3 is 0 Å². The van der Waals surface area contributed by atoms with Crippen molar-refractivity contribution in [3.05, 3.63) is 95.1 Å². The third-order valence-corrected chi connectivity index (χ3v) is 4.19. The minimum Gasteiger partial charge on any atom is -0.368 e. The SMILES string of the molecule is C=CN/C=C(C)/C(=C\c1cccc(C(F)F)c1)c1ccc(F)cc1CCC. The molecule has 4 heteroatoms. The maximum Gasteiger partial charge on any atom is 0.263 e. The van der Waals surface area contributed by atoms with Gasteiger partial charge in [0.05, 0.1) is 0 Å². The van der Waals surface area contributed by atoms with Gasteiger partial charge in [-0.3, -0.25) is 0 Å². The number of hydrogen-bond acceptors (Lipinski definition) is 1. The molecule has 0 aromatic heterocycles. The van der Waals surface area contributed by atoms with Crippen LogP contribution >= 0.6 is 0 Å². The summed E-state index contributed by atoms with van der Waals surface area (Å²) in [5, 5.41) is 2.94. The lowest BCUT2D eigenvalue weighted by Crippen LogP contribution is -2.00. The van der Waals surface area contributed by atoms with E-state index in [2.05, 4.69) is 11.9 Å². The Balaban J connectivity index is 2.62. The van der Waals surface area contributed by atoms with Crippen LogP contribution in [0.4, 0.5) is 13.2 Å². The van der Waals surface area contributed by atoms with E-state index in [4.69, 9.17) is 0 Å². The Morgan fingerprint density at radius 1 is 1.19 bits per heavy atom. The average Bonchev–Trinajstić information content (AvgIpc) is 2.65. The van der Waals surface area contributed by atoms with Crippen LogP contribution in [0.2, 0.25) is 0 Å². The van der Waals surface area contributed by atoms with Gasteiger partial charge in [0.1, 0.15) is 5.82 Å². The molecule has 1 N–H and O–H groups in total. The summed E-state index contributed by atoms with van der Waals surface area (Å²) in [7, 11) is 0. The Hall–Kier alpha value is -2.75. The fourth-order valence-corrected chi connectivity index (χ4v) is 2.92. The first-order valence-corrected chi connectivity index (χ1v) is 8.89. The normalized spacial score (nSPS) is 12.4. The first-order chi connectivity index (χ1) is 13.0. The molecule has 0 atom stereocenters. The molecular formula is C23H24F3N. The highest BCUT2D eigenvalue weighted by Gasteiger charge is 2.12. The Bertz CT molecular complexity index is 850. The van der Waals surface area contributed by atoms with Crippen molar-refractivity contribution in [2.45, 2.75) is 33.1 Å². The predicted molar refractivity (Wildman–Crippen MR) is 107 cm³/mol. The summed E-state index contributed by atoms with van der Waals surface area (Å²) in [6.07, 6.45) is 4.27. The van der Waals surface area contributed by atoms with Gasteiger partial charge in [-0.25, -0.2) is 13.2 Å². The van der Waals surface area contributed by atoms with Crippen molar-refractivity contribution in [2.75, 3.05) is 0 Å². The predicted octanol–water partition coefficient (Wildman–Crippen LogP) is 6.89. The number of hydrogen-bond donors (Lipinski definition) is 1. The molecule has 0 heterocycles. The minimum absolute atomic E-state index is 0.0261. The van der Waals surface area contributed by atoms with Gasteiger partial charge in [0.2, 0.25) is 0 Å². The third-order valence-electron chi connectivity index (χ3n) is 4.19. The topological polar surface area (TPSA) is 12.0 Å². The van der Waals surface area contributed by atoms with Crippen molar-refractivity contribution in [1.82, 2.24) is 5.32 Å². The summed E-state index contributed by atoms with van der Waals surface area (Å²) in [4.78, 5) is 0. The average molecular weight is 371 g/mol. The molecule has 2 aromatic carbocycles. The molecule has 2 rings (SSSR count). The lowest BCUT2D eigenvalue weighted by atomic mass is 9.91. The van der Waals surface area contributed by atoms with Crippen LogP contribution in [0.3, 0.4) is 0 Å². The van der Waals surface area contributed by atoms with E-state index in [0.29, 0.717) is 5.56 Å². The number of halogens is 3. The molecule has 0 bridgehead atoms. The third kappa shape index (κ3) is 5.61. The van der Waals surface area contributed by atoms with Gasteiger partial charge in [-0.05, 0) is 71.7 Å². The molecule has 0 saturated carbocycles. The van der Waals surface area contributed by atoms with Crippen LogP contribution in [-0.4, -0.2) is 0 Å². The van der Waals surface area contributed by atoms with Crippen LogP contribution in [0, 0.1) is 5.82 Å². The quantitative estimate of drug-likeness (QED) is 0.393. The van der Waals surface area contributed by atoms with E-state index in [-0.39, 0.29) is 11.4 Å². The Morgan fingerprint density at radius 3 is 2.63 bits per heavy atom. The van der Waals surface area contributed by atoms with Gasteiger partial charge < -0.3 is 5.32 Å². The highest BCUT2D eigenvalue weighted by atomic mass is 19.3. The van der Waals surface area contributed by atoms with Crippen LogP contribution in [0.1, 0.15) is 48.9 Å². The van der Waals surface area contributed by atoms with Crippen LogP contribution in [0.25, 0.3) is 11.6 Å². The highest BCUT2D eigenvalue weighted by Crippen LogP contribution is 2.30. The van der Waals surface area contributed by atoms with E-state index in [1.807, 2.05) is 19.9 Å². The molecule has 0 aliphatic rings. The molecule has 0 fully saturated rings. The number of nitrogens with one attached hydrogen (secondary N) is 1. The number of allylic oxidation sites excluding steroid dienone is 2. The van der Waals surface area contributed by atoms with Gasteiger partial charge in [0.15, 0.2) is 0 Å². The highest BCUT2D eigenvalue weighted by molar-refractivity contribution is 5.91. The zero-order valence-electron chi connectivity index (χ0n) is 15.6. The minimum atomic E-state index is -2.53. The lowest BCUT2D eigenvalue weighted by Gasteiger charge is -2.15. The largest absolute Gasteiger partial charge is 0.368 e. The Labute approximate surface area is 158 Å². The molecule has 27 heavy (non-hydrogen) atoms. The summed E-state index contributed by atoms with van der Waals surface area (Å²) in [5.74, 6) is -0.285. The van der Waals surface area contributed by atoms with E-state index in [1.54, 1.807) is 30.6 Å². The van der Waals surface area contributed by atoms with Gasteiger partial charge in [0.25, 0.3) is 6.43 Å². The van der Waals surface area contributed by atoms with Crippen molar-refractivity contribution in [2.24, 2.45) is 0 Å². The van der Waals surface area contributed by atoms with Crippen LogP contribution in [0.15, 0.2) is 67.0 Å². The monoisotopic (exact) mass is 371 g/mol. The molecule has 142 valence electrons. The molecule has 0 aliphatic carbocycles. The van der Waals surface area contributed by atoms with Crippen molar-refractivity contribution in [3.63, 3.8) is 0 Å². The van der Waals surface area contributed by atoms with E-state index in [1.165, 1.54) is 24.3 Å². The molecule has 1 nitrogen and oxygen atoms in total. The fourth-order valence-electron chi connectivity index (χ4n) is 2.92. The van der Waals surface area contributed by atoms with Crippen molar-refractivity contribution >= 4 is 11.6 Å².